The Hall–Kier alpha value is -0.890. The summed E-state index contributed by atoms with van der Waals surface area (Å²) in [6.45, 7) is 4.72. The number of nitrogens with zero attached hydrogens (tertiary/aromatic N) is 1. The molecule has 2 aliphatic rings. The van der Waals surface area contributed by atoms with Crippen molar-refractivity contribution in [1.29, 1.82) is 0 Å². The molecule has 24 heavy (non-hydrogen) atoms. The van der Waals surface area contributed by atoms with Crippen molar-refractivity contribution >= 4 is 24.2 Å². The molecule has 2 aliphatic heterocycles. The van der Waals surface area contributed by atoms with Gasteiger partial charge in [0.25, 0.3) is 0 Å². The summed E-state index contributed by atoms with van der Waals surface area (Å²) in [5, 5.41) is 6.40. The summed E-state index contributed by atoms with van der Waals surface area (Å²) in [5.74, 6) is -0.233. The third kappa shape index (κ3) is 5.58. The third-order valence-corrected chi connectivity index (χ3v) is 4.90. The molecule has 2 fully saturated rings. The molecule has 0 aromatic carbocycles. The molecule has 0 saturated carbocycles. The summed E-state index contributed by atoms with van der Waals surface area (Å²) in [4.78, 5) is 26.1. The summed E-state index contributed by atoms with van der Waals surface area (Å²) >= 11 is 0. The summed E-state index contributed by atoms with van der Waals surface area (Å²) < 4.78 is 10.4. The van der Waals surface area contributed by atoms with Gasteiger partial charge in [-0.15, -0.1) is 12.4 Å². The van der Waals surface area contributed by atoms with E-state index in [0.717, 1.165) is 25.9 Å². The van der Waals surface area contributed by atoms with Crippen molar-refractivity contribution < 1.29 is 19.1 Å². The highest BCUT2D eigenvalue weighted by atomic mass is 35.5. The molecule has 1 atom stereocenters. The van der Waals surface area contributed by atoms with E-state index >= 15 is 0 Å². The van der Waals surface area contributed by atoms with Crippen LogP contribution in [0.1, 0.15) is 19.3 Å². The fraction of sp³-hybridized carbons (Fsp3) is 0.875. The van der Waals surface area contributed by atoms with Crippen LogP contribution in [0.2, 0.25) is 0 Å². The summed E-state index contributed by atoms with van der Waals surface area (Å²) in [6, 6.07) is 0. The lowest BCUT2D eigenvalue weighted by molar-refractivity contribution is -0.129. The average Bonchev–Trinajstić information content (AvgIpc) is 2.93. The molecule has 2 saturated heterocycles. The normalized spacial score (nSPS) is 23.0. The van der Waals surface area contributed by atoms with Crippen LogP contribution in [0.5, 0.6) is 0 Å². The van der Waals surface area contributed by atoms with Gasteiger partial charge >= 0.3 is 0 Å². The Morgan fingerprint density at radius 1 is 1.33 bits per heavy atom. The number of carbonyl (C=O) groups excluding carboxylic acids is 2. The number of hydrogen-bond donors (Lipinski definition) is 2. The van der Waals surface area contributed by atoms with E-state index in [1.807, 2.05) is 0 Å². The molecule has 0 aliphatic carbocycles. The monoisotopic (exact) mass is 363 g/mol. The average molecular weight is 364 g/mol. The predicted octanol–water partition coefficient (Wildman–Crippen LogP) is 0.0355. The predicted molar refractivity (Wildman–Crippen MR) is 93.2 cm³/mol. The Kier molecular flexibility index (Phi) is 8.97. The molecule has 0 aromatic rings. The van der Waals surface area contributed by atoms with Gasteiger partial charge in [-0.1, -0.05) is 0 Å². The molecule has 1 unspecified atom stereocenters. The molecule has 7 nitrogen and oxygen atoms in total. The Morgan fingerprint density at radius 2 is 2.04 bits per heavy atom. The minimum absolute atomic E-state index is 0. The molecule has 2 N–H and O–H groups in total. The zero-order chi connectivity index (χ0) is 16.7. The van der Waals surface area contributed by atoms with Crippen molar-refractivity contribution in [2.45, 2.75) is 19.3 Å². The highest BCUT2D eigenvalue weighted by Crippen LogP contribution is 2.28. The lowest BCUT2D eigenvalue weighted by atomic mass is 9.79. The maximum atomic E-state index is 12.4. The number of methoxy groups -OCH3 is 2. The zero-order valence-corrected chi connectivity index (χ0v) is 15.5. The molecule has 2 heterocycles. The van der Waals surface area contributed by atoms with Gasteiger partial charge in [0.15, 0.2) is 0 Å². The van der Waals surface area contributed by atoms with Gasteiger partial charge in [0.2, 0.25) is 11.8 Å². The lowest BCUT2D eigenvalue weighted by Crippen LogP contribution is -2.48. The van der Waals surface area contributed by atoms with E-state index in [0.29, 0.717) is 39.3 Å². The fourth-order valence-corrected chi connectivity index (χ4v) is 3.42. The largest absolute Gasteiger partial charge is 0.384 e. The van der Waals surface area contributed by atoms with Crippen LogP contribution in [-0.2, 0) is 19.1 Å². The molecule has 0 spiro atoms. The van der Waals surface area contributed by atoms with E-state index < -0.39 is 0 Å². The molecular weight excluding hydrogens is 334 g/mol. The number of piperidine rings is 1. The quantitative estimate of drug-likeness (QED) is 0.636. The number of carbonyl (C=O) groups is 2. The van der Waals surface area contributed by atoms with Gasteiger partial charge in [-0.2, -0.15) is 0 Å². The first-order chi connectivity index (χ1) is 11.1. The smallest absolute Gasteiger partial charge is 0.225 e. The summed E-state index contributed by atoms with van der Waals surface area (Å²) in [7, 11) is 3.31. The van der Waals surface area contributed by atoms with Crippen LogP contribution in [0.3, 0.4) is 0 Å². The van der Waals surface area contributed by atoms with Crippen LogP contribution in [0.15, 0.2) is 0 Å². The number of likely N-dealkylation sites (tertiary alicyclic amines) is 1. The number of rotatable bonds is 8. The van der Waals surface area contributed by atoms with E-state index in [1.54, 1.807) is 19.1 Å². The minimum Gasteiger partial charge on any atom is -0.384 e. The maximum Gasteiger partial charge on any atom is 0.225 e. The second-order valence-corrected chi connectivity index (χ2v) is 6.63. The Balaban J connectivity index is 0.00000288. The van der Waals surface area contributed by atoms with Crippen LogP contribution in [-0.4, -0.2) is 76.9 Å². The van der Waals surface area contributed by atoms with E-state index in [1.165, 1.54) is 0 Å². The number of halogens is 1. The van der Waals surface area contributed by atoms with Crippen molar-refractivity contribution in [2.24, 2.45) is 11.3 Å². The maximum absolute atomic E-state index is 12.4. The van der Waals surface area contributed by atoms with Crippen LogP contribution in [0.25, 0.3) is 0 Å². The van der Waals surface area contributed by atoms with Gasteiger partial charge in [0.1, 0.15) is 0 Å². The van der Waals surface area contributed by atoms with Gasteiger partial charge in [-0.25, -0.2) is 0 Å². The van der Waals surface area contributed by atoms with Crippen LogP contribution in [0, 0.1) is 11.3 Å². The first-order valence-electron chi connectivity index (χ1n) is 8.34. The molecule has 2 amide bonds. The molecule has 2 rings (SSSR count). The second kappa shape index (κ2) is 10.2. The Labute approximate surface area is 150 Å². The van der Waals surface area contributed by atoms with Crippen molar-refractivity contribution in [3.63, 3.8) is 0 Å². The molecule has 140 valence electrons. The zero-order valence-electron chi connectivity index (χ0n) is 14.6. The fourth-order valence-electron chi connectivity index (χ4n) is 3.42. The lowest BCUT2D eigenvalue weighted by Gasteiger charge is -2.37. The van der Waals surface area contributed by atoms with Crippen LogP contribution in [0.4, 0.5) is 0 Å². The number of ether oxygens (including phenoxy) is 2. The number of amides is 2. The summed E-state index contributed by atoms with van der Waals surface area (Å²) in [6.07, 6.45) is 2.28. The summed E-state index contributed by atoms with van der Waals surface area (Å²) in [5.41, 5.74) is 0.00795. The van der Waals surface area contributed by atoms with Gasteiger partial charge in [-0.3, -0.25) is 9.59 Å². The standard InChI is InChI=1S/C16H29N3O4.ClH/c1-22-8-7-19-10-13(9-14(19)20)15(21)18-11-16(12-23-2)3-5-17-6-4-16;/h13,17H,3-12H2,1-2H3,(H,18,21);1H. The Morgan fingerprint density at radius 3 is 2.67 bits per heavy atom. The van der Waals surface area contributed by atoms with Crippen LogP contribution >= 0.6 is 12.4 Å². The number of hydrogen-bond acceptors (Lipinski definition) is 5. The van der Waals surface area contributed by atoms with Gasteiger partial charge in [0.05, 0.1) is 19.1 Å². The highest BCUT2D eigenvalue weighted by Gasteiger charge is 2.36. The van der Waals surface area contributed by atoms with E-state index in [-0.39, 0.29) is 35.6 Å². The third-order valence-electron chi connectivity index (χ3n) is 4.90. The molecule has 0 aromatic heterocycles. The first-order valence-corrected chi connectivity index (χ1v) is 8.34. The van der Waals surface area contributed by atoms with Crippen molar-refractivity contribution in [3.05, 3.63) is 0 Å². The first kappa shape index (κ1) is 21.2. The van der Waals surface area contributed by atoms with E-state index in [2.05, 4.69) is 10.6 Å². The minimum atomic E-state index is -0.249. The molecule has 8 heteroatoms. The number of nitrogens with one attached hydrogen (secondary N) is 2. The second-order valence-electron chi connectivity index (χ2n) is 6.63. The molecule has 0 radical (unpaired) electrons. The molecule has 0 bridgehead atoms. The van der Waals surface area contributed by atoms with Gasteiger partial charge in [-0.05, 0) is 25.9 Å². The van der Waals surface area contributed by atoms with Gasteiger partial charge in [0, 0.05) is 45.7 Å². The Bertz CT molecular complexity index is 411. The topological polar surface area (TPSA) is 79.9 Å². The van der Waals surface area contributed by atoms with Crippen molar-refractivity contribution in [1.82, 2.24) is 15.5 Å². The van der Waals surface area contributed by atoms with E-state index in [9.17, 15) is 9.59 Å². The SMILES string of the molecule is COCCN1CC(C(=O)NCC2(COC)CCNCC2)CC1=O.Cl. The van der Waals surface area contributed by atoms with E-state index in [4.69, 9.17) is 9.47 Å². The van der Waals surface area contributed by atoms with Gasteiger partial charge < -0.3 is 25.0 Å². The highest BCUT2D eigenvalue weighted by molar-refractivity contribution is 5.89. The van der Waals surface area contributed by atoms with Crippen molar-refractivity contribution in [2.75, 3.05) is 60.2 Å². The van der Waals surface area contributed by atoms with Crippen LogP contribution < -0.4 is 10.6 Å². The van der Waals surface area contributed by atoms with Crippen molar-refractivity contribution in [3.8, 4) is 0 Å². The molecular formula is C16H30ClN3O4.